The summed E-state index contributed by atoms with van der Waals surface area (Å²) in [6.45, 7) is 6.17. The molecule has 0 aliphatic heterocycles. The fraction of sp³-hybridized carbons (Fsp3) is 0.750. The van der Waals surface area contributed by atoms with Crippen molar-refractivity contribution in [3.8, 4) is 12.0 Å². The molecule has 0 rings (SSSR count). The Morgan fingerprint density at radius 1 is 1.44 bits per heavy atom. The highest BCUT2D eigenvalue weighted by atomic mass is 16.2. The van der Waals surface area contributed by atoms with Gasteiger partial charge in [0.1, 0.15) is 6.11 Å². The monoisotopic (exact) mass is 126 g/mol. The van der Waals surface area contributed by atoms with E-state index in [9.17, 15) is 0 Å². The zero-order chi connectivity index (χ0) is 7.33. The van der Waals surface area contributed by atoms with Crippen molar-refractivity contribution in [2.75, 3.05) is 0 Å². The summed E-state index contributed by atoms with van der Waals surface area (Å²) in [5, 5.41) is 8.27. The lowest BCUT2D eigenvalue weighted by Crippen LogP contribution is -2.06. The van der Waals surface area contributed by atoms with Crippen molar-refractivity contribution in [3.05, 3.63) is 0 Å². The van der Waals surface area contributed by atoms with Crippen LogP contribution in [0.15, 0.2) is 0 Å². The molecule has 0 aliphatic carbocycles. The van der Waals surface area contributed by atoms with E-state index in [4.69, 9.17) is 5.11 Å². The maximum Gasteiger partial charge on any atom is 0.108 e. The van der Waals surface area contributed by atoms with E-state index in [1.54, 1.807) is 0 Å². The van der Waals surface area contributed by atoms with Gasteiger partial charge in [0.05, 0.1) is 0 Å². The SMILES string of the molecule is CCCC(C)(C)C#CO. The van der Waals surface area contributed by atoms with Crippen LogP contribution in [-0.2, 0) is 0 Å². The predicted molar refractivity (Wildman–Crippen MR) is 38.4 cm³/mol. The van der Waals surface area contributed by atoms with Gasteiger partial charge in [-0.1, -0.05) is 19.3 Å². The van der Waals surface area contributed by atoms with Crippen LogP contribution in [-0.4, -0.2) is 5.11 Å². The molecule has 0 aromatic carbocycles. The minimum absolute atomic E-state index is 0.0104. The Hall–Kier alpha value is -0.640. The van der Waals surface area contributed by atoms with E-state index in [-0.39, 0.29) is 5.41 Å². The maximum absolute atomic E-state index is 8.27. The van der Waals surface area contributed by atoms with Gasteiger partial charge in [0.25, 0.3) is 0 Å². The molecule has 0 bridgehead atoms. The quantitative estimate of drug-likeness (QED) is 0.562. The lowest BCUT2D eigenvalue weighted by Gasteiger charge is -2.14. The van der Waals surface area contributed by atoms with Gasteiger partial charge in [-0.3, -0.25) is 0 Å². The Balaban J connectivity index is 3.80. The van der Waals surface area contributed by atoms with Crippen LogP contribution in [0.4, 0.5) is 0 Å². The standard InChI is InChI=1S/C8H14O/c1-4-5-8(2,3)6-7-9/h9H,4-5H2,1-3H3. The summed E-state index contributed by atoms with van der Waals surface area (Å²) in [6.07, 6.45) is 4.10. The van der Waals surface area contributed by atoms with Crippen molar-refractivity contribution in [2.45, 2.75) is 33.6 Å². The van der Waals surface area contributed by atoms with Gasteiger partial charge in [0.15, 0.2) is 0 Å². The fourth-order valence-corrected chi connectivity index (χ4v) is 0.839. The van der Waals surface area contributed by atoms with Gasteiger partial charge in [-0.15, -0.1) is 0 Å². The van der Waals surface area contributed by atoms with Crippen LogP contribution in [0, 0.1) is 17.4 Å². The average molecular weight is 126 g/mol. The Labute approximate surface area is 57.1 Å². The molecule has 0 amide bonds. The first kappa shape index (κ1) is 8.36. The second kappa shape index (κ2) is 3.40. The third-order valence-corrected chi connectivity index (χ3v) is 1.27. The van der Waals surface area contributed by atoms with Crippen LogP contribution in [0.5, 0.6) is 0 Å². The first-order valence-corrected chi connectivity index (χ1v) is 3.28. The predicted octanol–water partition coefficient (Wildman–Crippen LogP) is 2.15. The summed E-state index contributed by atoms with van der Waals surface area (Å²) in [4.78, 5) is 0. The highest BCUT2D eigenvalue weighted by Gasteiger charge is 2.11. The molecule has 0 radical (unpaired) electrons. The molecule has 0 atom stereocenters. The molecular weight excluding hydrogens is 112 g/mol. The van der Waals surface area contributed by atoms with Crippen molar-refractivity contribution < 1.29 is 5.11 Å². The van der Waals surface area contributed by atoms with E-state index in [1.165, 1.54) is 0 Å². The van der Waals surface area contributed by atoms with E-state index < -0.39 is 0 Å². The lowest BCUT2D eigenvalue weighted by atomic mass is 9.89. The van der Waals surface area contributed by atoms with E-state index in [0.29, 0.717) is 0 Å². The summed E-state index contributed by atoms with van der Waals surface area (Å²) in [7, 11) is 0. The molecule has 0 spiro atoms. The third-order valence-electron chi connectivity index (χ3n) is 1.27. The van der Waals surface area contributed by atoms with Crippen molar-refractivity contribution in [1.29, 1.82) is 0 Å². The van der Waals surface area contributed by atoms with Gasteiger partial charge in [0.2, 0.25) is 0 Å². The first-order chi connectivity index (χ1) is 4.12. The molecule has 0 saturated carbocycles. The van der Waals surface area contributed by atoms with Crippen LogP contribution in [0.25, 0.3) is 0 Å². The van der Waals surface area contributed by atoms with Gasteiger partial charge in [0, 0.05) is 5.41 Å². The van der Waals surface area contributed by atoms with Gasteiger partial charge in [-0.25, -0.2) is 0 Å². The number of hydrogen-bond donors (Lipinski definition) is 1. The smallest absolute Gasteiger partial charge is 0.108 e. The maximum atomic E-state index is 8.27. The number of hydrogen-bond acceptors (Lipinski definition) is 1. The van der Waals surface area contributed by atoms with Crippen LogP contribution in [0.1, 0.15) is 33.6 Å². The van der Waals surface area contributed by atoms with Crippen molar-refractivity contribution in [1.82, 2.24) is 0 Å². The summed E-state index contributed by atoms with van der Waals surface area (Å²) >= 11 is 0. The van der Waals surface area contributed by atoms with Crippen LogP contribution >= 0.6 is 0 Å². The number of rotatable bonds is 2. The Morgan fingerprint density at radius 2 is 2.00 bits per heavy atom. The van der Waals surface area contributed by atoms with Gasteiger partial charge >= 0.3 is 0 Å². The molecule has 1 heteroatoms. The van der Waals surface area contributed by atoms with E-state index in [1.807, 2.05) is 20.0 Å². The third kappa shape index (κ3) is 3.90. The zero-order valence-corrected chi connectivity index (χ0v) is 6.36. The topological polar surface area (TPSA) is 20.2 Å². The van der Waals surface area contributed by atoms with Gasteiger partial charge in [-0.2, -0.15) is 0 Å². The molecule has 9 heavy (non-hydrogen) atoms. The van der Waals surface area contributed by atoms with Crippen LogP contribution < -0.4 is 0 Å². The Morgan fingerprint density at radius 3 is 2.33 bits per heavy atom. The first-order valence-electron chi connectivity index (χ1n) is 3.28. The summed E-state index contributed by atoms with van der Waals surface area (Å²) in [6, 6.07) is 0. The molecule has 52 valence electrons. The Bertz CT molecular complexity index is 125. The minimum Gasteiger partial charge on any atom is -0.462 e. The molecule has 0 fully saturated rings. The average Bonchev–Trinajstić information content (AvgIpc) is 1.64. The van der Waals surface area contributed by atoms with E-state index >= 15 is 0 Å². The van der Waals surface area contributed by atoms with E-state index in [0.717, 1.165) is 12.8 Å². The van der Waals surface area contributed by atoms with E-state index in [2.05, 4.69) is 12.8 Å². The second-order valence-electron chi connectivity index (χ2n) is 2.87. The fourth-order valence-electron chi connectivity index (χ4n) is 0.839. The molecule has 0 heterocycles. The molecule has 0 unspecified atom stereocenters. The molecule has 0 aromatic rings. The molecule has 0 aliphatic rings. The van der Waals surface area contributed by atoms with Crippen molar-refractivity contribution in [2.24, 2.45) is 5.41 Å². The highest BCUT2D eigenvalue weighted by molar-refractivity contribution is 5.03. The van der Waals surface area contributed by atoms with Gasteiger partial charge < -0.3 is 5.11 Å². The largest absolute Gasteiger partial charge is 0.462 e. The van der Waals surface area contributed by atoms with Crippen molar-refractivity contribution >= 4 is 0 Å². The molecule has 0 aromatic heterocycles. The summed E-state index contributed by atoms with van der Waals surface area (Å²) in [5.74, 6) is 2.73. The normalized spacial score (nSPS) is 10.1. The zero-order valence-electron chi connectivity index (χ0n) is 6.36. The van der Waals surface area contributed by atoms with Gasteiger partial charge in [-0.05, 0) is 20.3 Å². The second-order valence-corrected chi connectivity index (χ2v) is 2.87. The molecular formula is C8H14O. The van der Waals surface area contributed by atoms with Crippen LogP contribution in [0.2, 0.25) is 0 Å². The molecule has 1 nitrogen and oxygen atoms in total. The number of aliphatic hydroxyl groups is 1. The molecule has 0 saturated heterocycles. The summed E-state index contributed by atoms with van der Waals surface area (Å²) in [5.41, 5.74) is -0.0104. The highest BCUT2D eigenvalue weighted by Crippen LogP contribution is 2.19. The lowest BCUT2D eigenvalue weighted by molar-refractivity contribution is 0.440. The summed E-state index contributed by atoms with van der Waals surface area (Å²) < 4.78 is 0. The Kier molecular flexibility index (Phi) is 3.16. The minimum atomic E-state index is -0.0104. The van der Waals surface area contributed by atoms with Crippen molar-refractivity contribution in [3.63, 3.8) is 0 Å². The molecule has 1 N–H and O–H groups in total. The van der Waals surface area contributed by atoms with Crippen LogP contribution in [0.3, 0.4) is 0 Å². The number of aliphatic hydroxyl groups excluding tert-OH is 1.